The smallest absolute Gasteiger partial charge is 0.231 e. The van der Waals surface area contributed by atoms with Crippen LogP contribution < -0.4 is 9.47 Å². The lowest BCUT2D eigenvalue weighted by molar-refractivity contribution is -0.118. The molecule has 0 N–H and O–H groups in total. The number of carbonyl (C=O) groups excluding carboxylic acids is 2. The van der Waals surface area contributed by atoms with E-state index in [0.29, 0.717) is 28.4 Å². The van der Waals surface area contributed by atoms with E-state index in [1.807, 2.05) is 31.3 Å². The van der Waals surface area contributed by atoms with E-state index in [0.717, 1.165) is 23.0 Å². The van der Waals surface area contributed by atoms with Crippen LogP contribution in [0.1, 0.15) is 35.3 Å². The molecule has 5 nitrogen and oxygen atoms in total. The highest BCUT2D eigenvalue weighted by Crippen LogP contribution is 2.39. The molecule has 0 spiro atoms. The van der Waals surface area contributed by atoms with Crippen molar-refractivity contribution in [3.8, 4) is 11.5 Å². The van der Waals surface area contributed by atoms with Crippen LogP contribution >= 0.6 is 0 Å². The summed E-state index contributed by atoms with van der Waals surface area (Å²) >= 11 is 0. The standard InChI is InChI=1S/C23H21NO4/c1-4-24-12-16(17-7-5-6-8-19(17)24)11-21-22(26)18-9-10-20(27-13-14(2)25)15(3)23(18)28-21/h5-12H,4,13H2,1-3H3/b21-11-. The third-order valence-corrected chi connectivity index (χ3v) is 4.91. The maximum Gasteiger partial charge on any atom is 0.231 e. The van der Waals surface area contributed by atoms with Crippen LogP contribution in [0.4, 0.5) is 0 Å². The first-order valence-corrected chi connectivity index (χ1v) is 9.27. The monoisotopic (exact) mass is 375 g/mol. The van der Waals surface area contributed by atoms with Gasteiger partial charge in [-0.05, 0) is 45.0 Å². The fourth-order valence-electron chi connectivity index (χ4n) is 3.50. The summed E-state index contributed by atoms with van der Waals surface area (Å²) in [5.41, 5.74) is 3.29. The Bertz CT molecular complexity index is 1140. The molecule has 4 rings (SSSR count). The lowest BCUT2D eigenvalue weighted by atomic mass is 10.1. The average Bonchev–Trinajstić information content (AvgIpc) is 3.20. The van der Waals surface area contributed by atoms with E-state index in [9.17, 15) is 9.59 Å². The number of fused-ring (bicyclic) bond motifs is 2. The number of rotatable bonds is 5. The second-order valence-corrected chi connectivity index (χ2v) is 6.88. The summed E-state index contributed by atoms with van der Waals surface area (Å²) in [5, 5.41) is 1.08. The van der Waals surface area contributed by atoms with Crippen LogP contribution in [0.2, 0.25) is 0 Å². The highest BCUT2D eigenvalue weighted by Gasteiger charge is 2.30. The highest BCUT2D eigenvalue weighted by molar-refractivity contribution is 6.15. The Morgan fingerprint density at radius 3 is 2.75 bits per heavy atom. The maximum atomic E-state index is 12.8. The minimum absolute atomic E-state index is 0.00715. The molecule has 5 heteroatoms. The number of hydrogen-bond donors (Lipinski definition) is 0. The predicted molar refractivity (Wildman–Crippen MR) is 108 cm³/mol. The number of aromatic nitrogens is 1. The van der Waals surface area contributed by atoms with Crippen LogP contribution in [0, 0.1) is 6.92 Å². The van der Waals surface area contributed by atoms with Gasteiger partial charge in [0, 0.05) is 34.8 Å². The van der Waals surface area contributed by atoms with Crippen molar-refractivity contribution in [3.05, 3.63) is 65.0 Å². The van der Waals surface area contributed by atoms with Gasteiger partial charge in [-0.25, -0.2) is 0 Å². The van der Waals surface area contributed by atoms with Gasteiger partial charge in [-0.15, -0.1) is 0 Å². The SMILES string of the molecule is CCn1cc(/C=C2\Oc3c(ccc(OCC(C)=O)c3C)C2=O)c2ccccc21. The van der Waals surface area contributed by atoms with Crippen LogP contribution in [0.3, 0.4) is 0 Å². The molecule has 0 amide bonds. The van der Waals surface area contributed by atoms with Crippen LogP contribution in [0.15, 0.2) is 48.4 Å². The Morgan fingerprint density at radius 2 is 2.00 bits per heavy atom. The Hall–Kier alpha value is -3.34. The van der Waals surface area contributed by atoms with Crippen molar-refractivity contribution in [3.63, 3.8) is 0 Å². The van der Waals surface area contributed by atoms with E-state index in [1.54, 1.807) is 18.2 Å². The Morgan fingerprint density at radius 1 is 1.21 bits per heavy atom. The number of hydrogen-bond acceptors (Lipinski definition) is 4. The molecule has 2 aromatic carbocycles. The molecule has 0 bridgehead atoms. The van der Waals surface area contributed by atoms with E-state index in [4.69, 9.17) is 9.47 Å². The molecule has 1 aromatic heterocycles. The highest BCUT2D eigenvalue weighted by atomic mass is 16.5. The van der Waals surface area contributed by atoms with Gasteiger partial charge in [-0.3, -0.25) is 9.59 Å². The first-order valence-electron chi connectivity index (χ1n) is 9.27. The fraction of sp³-hybridized carbons (Fsp3) is 0.217. The molecule has 1 aliphatic heterocycles. The van der Waals surface area contributed by atoms with Crippen molar-refractivity contribution < 1.29 is 19.1 Å². The second-order valence-electron chi connectivity index (χ2n) is 6.88. The number of allylic oxidation sites excluding steroid dienone is 1. The molecule has 0 saturated heterocycles. The zero-order chi connectivity index (χ0) is 19.8. The van der Waals surface area contributed by atoms with E-state index in [1.165, 1.54) is 6.92 Å². The van der Waals surface area contributed by atoms with Gasteiger partial charge >= 0.3 is 0 Å². The molecule has 3 aromatic rings. The number of carbonyl (C=O) groups is 2. The number of nitrogens with zero attached hydrogens (tertiary/aromatic N) is 1. The van der Waals surface area contributed by atoms with E-state index >= 15 is 0 Å². The van der Waals surface area contributed by atoms with Crippen LogP contribution in [-0.2, 0) is 11.3 Å². The zero-order valence-electron chi connectivity index (χ0n) is 16.1. The normalized spacial score (nSPS) is 14.4. The van der Waals surface area contributed by atoms with Gasteiger partial charge in [0.25, 0.3) is 0 Å². The van der Waals surface area contributed by atoms with Gasteiger partial charge in [-0.1, -0.05) is 18.2 Å². The fourth-order valence-corrected chi connectivity index (χ4v) is 3.50. The van der Waals surface area contributed by atoms with Crippen LogP contribution in [0.5, 0.6) is 11.5 Å². The molecule has 0 atom stereocenters. The average molecular weight is 375 g/mol. The Balaban J connectivity index is 1.72. The van der Waals surface area contributed by atoms with E-state index < -0.39 is 0 Å². The molecule has 0 unspecified atom stereocenters. The van der Waals surface area contributed by atoms with Crippen LogP contribution in [-0.4, -0.2) is 22.7 Å². The van der Waals surface area contributed by atoms with Gasteiger partial charge in [0.05, 0.1) is 5.56 Å². The van der Waals surface area contributed by atoms with Crippen molar-refractivity contribution in [1.82, 2.24) is 4.57 Å². The van der Waals surface area contributed by atoms with Crippen molar-refractivity contribution in [1.29, 1.82) is 0 Å². The largest absolute Gasteiger partial charge is 0.485 e. The molecule has 0 radical (unpaired) electrons. The predicted octanol–water partition coefficient (Wildman–Crippen LogP) is 4.55. The van der Waals surface area contributed by atoms with Crippen LogP contribution in [0.25, 0.3) is 17.0 Å². The third-order valence-electron chi connectivity index (χ3n) is 4.91. The second kappa shape index (κ2) is 7.00. The minimum atomic E-state index is -0.149. The summed E-state index contributed by atoms with van der Waals surface area (Å²) in [6.07, 6.45) is 3.83. The number of ether oxygens (including phenoxy) is 2. The van der Waals surface area contributed by atoms with Crippen molar-refractivity contribution in [2.45, 2.75) is 27.3 Å². The molecule has 0 fully saturated rings. The first kappa shape index (κ1) is 18.0. The topological polar surface area (TPSA) is 57.5 Å². The number of aryl methyl sites for hydroxylation is 1. The quantitative estimate of drug-likeness (QED) is 0.614. The van der Waals surface area contributed by atoms with Crippen molar-refractivity contribution >= 4 is 28.5 Å². The van der Waals surface area contributed by atoms with Gasteiger partial charge in [0.15, 0.2) is 11.5 Å². The maximum absolute atomic E-state index is 12.8. The van der Waals surface area contributed by atoms with Gasteiger partial charge in [-0.2, -0.15) is 0 Å². The summed E-state index contributed by atoms with van der Waals surface area (Å²) in [5.74, 6) is 1.12. The summed E-state index contributed by atoms with van der Waals surface area (Å²) < 4.78 is 13.6. The molecular formula is C23H21NO4. The number of ketones is 2. The zero-order valence-corrected chi connectivity index (χ0v) is 16.1. The molecular weight excluding hydrogens is 354 g/mol. The third kappa shape index (κ3) is 2.99. The molecule has 0 saturated carbocycles. The molecule has 0 aliphatic carbocycles. The number of Topliss-reactive ketones (excluding diaryl/α,β-unsaturated/α-hetero) is 2. The molecule has 142 valence electrons. The summed E-state index contributed by atoms with van der Waals surface area (Å²) in [6.45, 7) is 6.22. The van der Waals surface area contributed by atoms with Gasteiger partial charge < -0.3 is 14.0 Å². The van der Waals surface area contributed by atoms with Crippen molar-refractivity contribution in [2.75, 3.05) is 6.61 Å². The Kier molecular flexibility index (Phi) is 4.51. The number of para-hydroxylation sites is 1. The lowest BCUT2D eigenvalue weighted by Crippen LogP contribution is -2.07. The van der Waals surface area contributed by atoms with Gasteiger partial charge in [0.1, 0.15) is 18.1 Å². The lowest BCUT2D eigenvalue weighted by Gasteiger charge is -2.10. The number of benzene rings is 2. The Labute approximate surface area is 163 Å². The van der Waals surface area contributed by atoms with Gasteiger partial charge in [0.2, 0.25) is 5.78 Å². The molecule has 1 aliphatic rings. The molecule has 2 heterocycles. The minimum Gasteiger partial charge on any atom is -0.485 e. The summed E-state index contributed by atoms with van der Waals surface area (Å²) in [6, 6.07) is 11.5. The molecule has 28 heavy (non-hydrogen) atoms. The van der Waals surface area contributed by atoms with E-state index in [-0.39, 0.29) is 18.2 Å². The van der Waals surface area contributed by atoms with Crippen molar-refractivity contribution in [2.24, 2.45) is 0 Å². The first-order chi connectivity index (χ1) is 13.5. The van der Waals surface area contributed by atoms with E-state index in [2.05, 4.69) is 17.6 Å². The summed E-state index contributed by atoms with van der Waals surface area (Å²) in [7, 11) is 0. The summed E-state index contributed by atoms with van der Waals surface area (Å²) in [4.78, 5) is 24.0.